The second-order valence-electron chi connectivity index (χ2n) is 13.3. The van der Waals surface area contributed by atoms with Gasteiger partial charge >= 0.3 is 11.9 Å². The standard InChI is InChI=1S/C37H45N7O6S/c1-24-39-30-11-5-6-12-32(30)44(24)22-29-23-51-33(40-29)20-38-36(47)34(49-25(2)45)35(50-26(3)46)37(48)43-14-8-13-31(43)28-10-7-9-27(19-28)21-42-17-15-41(4)16-18-42/h5-7,9-12,19,23,31,34-35H,8,13-18,20-22H2,1-4H3,(H,38,47)/t31?,34-,35-/m1/s1. The van der Waals surface area contributed by atoms with Crippen molar-refractivity contribution in [1.82, 2.24) is 34.6 Å². The molecule has 0 spiro atoms. The molecule has 2 aromatic heterocycles. The fourth-order valence-corrected chi connectivity index (χ4v) is 7.60. The number of carbonyl (C=O) groups is 4. The van der Waals surface area contributed by atoms with Gasteiger partial charge in [0.2, 0.25) is 12.2 Å². The van der Waals surface area contributed by atoms with Crippen molar-refractivity contribution in [3.05, 3.63) is 81.6 Å². The quantitative estimate of drug-likeness (QED) is 0.217. The first-order valence-corrected chi connectivity index (χ1v) is 18.2. The Labute approximate surface area is 301 Å². The van der Waals surface area contributed by atoms with Gasteiger partial charge in [-0.25, -0.2) is 9.97 Å². The van der Waals surface area contributed by atoms with E-state index in [1.54, 1.807) is 4.90 Å². The fraction of sp³-hybridized carbons (Fsp3) is 0.459. The van der Waals surface area contributed by atoms with E-state index in [1.807, 2.05) is 48.7 Å². The SMILES string of the molecule is CC(=O)O[C@@H](C(=O)NCc1nc(Cn2c(C)nc3ccccc32)cs1)[C@@H](OC(C)=O)C(=O)N1CCCC1c1cccc(CN2CCN(C)CC2)c1. The highest BCUT2D eigenvalue weighted by Gasteiger charge is 2.44. The van der Waals surface area contributed by atoms with Crippen LogP contribution in [-0.2, 0) is 48.3 Å². The predicted molar refractivity (Wildman–Crippen MR) is 192 cm³/mol. The van der Waals surface area contributed by atoms with Crippen LogP contribution in [0.25, 0.3) is 11.0 Å². The predicted octanol–water partition coefficient (Wildman–Crippen LogP) is 3.44. The van der Waals surface area contributed by atoms with Gasteiger partial charge in [0.15, 0.2) is 0 Å². The van der Waals surface area contributed by atoms with Gasteiger partial charge in [-0.15, -0.1) is 11.3 Å². The number of para-hydroxylation sites is 2. The number of rotatable bonds is 12. The summed E-state index contributed by atoms with van der Waals surface area (Å²) >= 11 is 1.37. The molecule has 2 aromatic carbocycles. The molecule has 270 valence electrons. The average molecular weight is 716 g/mol. The zero-order valence-corrected chi connectivity index (χ0v) is 30.4. The molecular formula is C37H45N7O6S. The summed E-state index contributed by atoms with van der Waals surface area (Å²) in [6.07, 6.45) is -1.91. The van der Waals surface area contributed by atoms with Crippen LogP contribution < -0.4 is 5.32 Å². The number of ether oxygens (including phenoxy) is 2. The summed E-state index contributed by atoms with van der Waals surface area (Å²) < 4.78 is 13.0. The first kappa shape index (κ1) is 36.1. The number of benzene rings is 2. The van der Waals surface area contributed by atoms with Crippen LogP contribution >= 0.6 is 11.3 Å². The van der Waals surface area contributed by atoms with Crippen molar-refractivity contribution in [3.63, 3.8) is 0 Å². The van der Waals surface area contributed by atoms with Crippen LogP contribution in [0.15, 0.2) is 53.9 Å². The minimum absolute atomic E-state index is 0.0261. The van der Waals surface area contributed by atoms with Gasteiger partial charge in [0.05, 0.1) is 35.9 Å². The van der Waals surface area contributed by atoms with E-state index >= 15 is 0 Å². The van der Waals surface area contributed by atoms with Gasteiger partial charge in [0, 0.05) is 58.5 Å². The van der Waals surface area contributed by atoms with Crippen molar-refractivity contribution < 1.29 is 28.7 Å². The molecule has 14 heteroatoms. The fourth-order valence-electron chi connectivity index (χ4n) is 6.88. The zero-order chi connectivity index (χ0) is 36.1. The van der Waals surface area contributed by atoms with Gasteiger partial charge in [0.25, 0.3) is 11.8 Å². The summed E-state index contributed by atoms with van der Waals surface area (Å²) in [5.74, 6) is -2.03. The number of thiazole rings is 1. The third-order valence-corrected chi connectivity index (χ3v) is 10.3. The summed E-state index contributed by atoms with van der Waals surface area (Å²) in [7, 11) is 2.13. The molecule has 13 nitrogen and oxygen atoms in total. The number of nitrogens with zero attached hydrogens (tertiary/aromatic N) is 6. The Hall–Kier alpha value is -4.66. The number of hydrogen-bond acceptors (Lipinski definition) is 11. The molecule has 2 amide bonds. The van der Waals surface area contributed by atoms with Gasteiger partial charge in [-0.1, -0.05) is 36.4 Å². The van der Waals surface area contributed by atoms with Crippen molar-refractivity contribution in [2.24, 2.45) is 0 Å². The molecule has 2 aliphatic rings. The summed E-state index contributed by atoms with van der Waals surface area (Å²) in [4.78, 5) is 68.1. The number of carbonyl (C=O) groups excluding carboxylic acids is 4. The second kappa shape index (κ2) is 16.1. The number of imidazole rings is 1. The minimum atomic E-state index is -1.69. The number of likely N-dealkylation sites (N-methyl/N-ethyl adjacent to an activating group) is 1. The van der Waals surface area contributed by atoms with Crippen LogP contribution in [-0.4, -0.2) is 105 Å². The van der Waals surface area contributed by atoms with Crippen molar-refractivity contribution in [3.8, 4) is 0 Å². The molecule has 51 heavy (non-hydrogen) atoms. The smallest absolute Gasteiger partial charge is 0.303 e. The number of piperazine rings is 1. The largest absolute Gasteiger partial charge is 0.448 e. The van der Waals surface area contributed by atoms with Crippen LogP contribution in [0.4, 0.5) is 0 Å². The first-order valence-electron chi connectivity index (χ1n) is 17.3. The van der Waals surface area contributed by atoms with Gasteiger partial charge in [0.1, 0.15) is 10.8 Å². The lowest BCUT2D eigenvalue weighted by Gasteiger charge is -2.33. The number of esters is 2. The van der Waals surface area contributed by atoms with Gasteiger partial charge < -0.3 is 29.2 Å². The zero-order valence-electron chi connectivity index (χ0n) is 29.5. The highest BCUT2D eigenvalue weighted by molar-refractivity contribution is 7.09. The molecule has 4 aromatic rings. The number of hydrogen-bond donors (Lipinski definition) is 1. The topological polar surface area (TPSA) is 139 Å². The molecule has 0 bridgehead atoms. The lowest BCUT2D eigenvalue weighted by molar-refractivity contribution is -0.178. The van der Waals surface area contributed by atoms with Gasteiger partial charge in [-0.3, -0.25) is 24.1 Å². The number of fused-ring (bicyclic) bond motifs is 1. The molecule has 0 aliphatic carbocycles. The number of amides is 2. The molecule has 0 saturated carbocycles. The number of nitrogens with one attached hydrogen (secondary N) is 1. The molecule has 4 heterocycles. The molecule has 2 saturated heterocycles. The molecule has 2 fully saturated rings. The van der Waals surface area contributed by atoms with Crippen molar-refractivity contribution >= 4 is 46.1 Å². The van der Waals surface area contributed by atoms with Crippen LogP contribution in [0, 0.1) is 6.92 Å². The summed E-state index contributed by atoms with van der Waals surface area (Å²) in [6, 6.07) is 15.8. The van der Waals surface area contributed by atoms with E-state index in [0.29, 0.717) is 24.5 Å². The van der Waals surface area contributed by atoms with E-state index in [-0.39, 0.29) is 12.6 Å². The van der Waals surface area contributed by atoms with Crippen LogP contribution in [0.3, 0.4) is 0 Å². The van der Waals surface area contributed by atoms with Gasteiger partial charge in [-0.05, 0) is 50.1 Å². The second-order valence-corrected chi connectivity index (χ2v) is 14.2. The normalized spacial score (nSPS) is 18.0. The van der Waals surface area contributed by atoms with Gasteiger partial charge in [-0.2, -0.15) is 0 Å². The Morgan fingerprint density at radius 1 is 0.922 bits per heavy atom. The van der Waals surface area contributed by atoms with Crippen LogP contribution in [0.2, 0.25) is 0 Å². The molecule has 1 N–H and O–H groups in total. The number of aryl methyl sites for hydroxylation is 1. The maximum absolute atomic E-state index is 14.2. The van der Waals surface area contributed by atoms with Crippen molar-refractivity contribution in [2.75, 3.05) is 39.8 Å². The Morgan fingerprint density at radius 3 is 2.43 bits per heavy atom. The van der Waals surface area contributed by atoms with E-state index in [1.165, 1.54) is 11.3 Å². The number of aromatic nitrogens is 3. The lowest BCUT2D eigenvalue weighted by Crippen LogP contribution is -2.53. The van der Waals surface area contributed by atoms with Crippen LogP contribution in [0.5, 0.6) is 0 Å². The number of likely N-dealkylation sites (tertiary alicyclic amines) is 1. The molecular weight excluding hydrogens is 671 g/mol. The molecule has 3 atom stereocenters. The molecule has 6 rings (SSSR count). The van der Waals surface area contributed by atoms with E-state index in [0.717, 1.165) is 86.7 Å². The van der Waals surface area contributed by atoms with Crippen molar-refractivity contribution in [2.45, 2.75) is 71.5 Å². The Bertz CT molecular complexity index is 1880. The minimum Gasteiger partial charge on any atom is -0.448 e. The highest BCUT2D eigenvalue weighted by atomic mass is 32.1. The molecule has 1 unspecified atom stereocenters. The average Bonchev–Trinajstić information content (AvgIpc) is 3.85. The monoisotopic (exact) mass is 715 g/mol. The summed E-state index contributed by atoms with van der Waals surface area (Å²) in [5.41, 5.74) is 4.83. The molecule has 0 radical (unpaired) electrons. The van der Waals surface area contributed by atoms with E-state index < -0.39 is 36.0 Å². The van der Waals surface area contributed by atoms with Crippen molar-refractivity contribution in [1.29, 1.82) is 0 Å². The maximum Gasteiger partial charge on any atom is 0.303 e. The van der Waals surface area contributed by atoms with Crippen LogP contribution in [0.1, 0.15) is 60.4 Å². The third kappa shape index (κ3) is 8.81. The lowest BCUT2D eigenvalue weighted by atomic mass is 10.0. The Kier molecular flexibility index (Phi) is 11.4. The van der Waals surface area contributed by atoms with E-state index in [9.17, 15) is 19.2 Å². The third-order valence-electron chi connectivity index (χ3n) is 9.42. The summed E-state index contributed by atoms with van der Waals surface area (Å²) in [6.45, 7) is 10.0. The highest BCUT2D eigenvalue weighted by Crippen LogP contribution is 2.34. The van der Waals surface area contributed by atoms with E-state index in [2.05, 4.69) is 48.8 Å². The van der Waals surface area contributed by atoms with E-state index in [4.69, 9.17) is 9.47 Å². The Balaban J connectivity index is 1.15. The maximum atomic E-state index is 14.2. The Morgan fingerprint density at radius 2 is 1.67 bits per heavy atom. The first-order chi connectivity index (χ1) is 24.5. The summed E-state index contributed by atoms with van der Waals surface area (Å²) in [5, 5.41) is 5.29. The molecule has 2 aliphatic heterocycles.